The fourth-order valence-electron chi connectivity index (χ4n) is 2.64. The number of nitrogens with zero attached hydrogens (tertiary/aromatic N) is 5. The van der Waals surface area contributed by atoms with Gasteiger partial charge in [0.1, 0.15) is 12.1 Å². The Bertz CT molecular complexity index is 1080. The third-order valence-corrected chi connectivity index (χ3v) is 3.92. The summed E-state index contributed by atoms with van der Waals surface area (Å²) in [4.78, 5) is 29.2. The Labute approximate surface area is 143 Å². The number of hydrogen-bond donors (Lipinski definition) is 0. The molecule has 4 rings (SSSR count). The standard InChI is InChI=1S/C18H15N5O2/c1-11-9-25-18(21-11)16(24)6-17-20-7-13-4-3-12(5-14(13)22-17)15-8-19-10-23(15)2/h3-5,7-10H,6H2,1-2H3. The molecule has 0 fully saturated rings. The van der Waals surface area contributed by atoms with Gasteiger partial charge in [0.2, 0.25) is 5.78 Å². The molecule has 4 aromatic rings. The van der Waals surface area contributed by atoms with Crippen LogP contribution in [0, 0.1) is 6.92 Å². The molecule has 1 aromatic carbocycles. The van der Waals surface area contributed by atoms with Crippen molar-refractivity contribution in [2.75, 3.05) is 0 Å². The van der Waals surface area contributed by atoms with E-state index in [1.54, 1.807) is 25.6 Å². The van der Waals surface area contributed by atoms with E-state index in [-0.39, 0.29) is 18.1 Å². The van der Waals surface area contributed by atoms with Gasteiger partial charge in [-0.25, -0.2) is 19.9 Å². The molecule has 0 aliphatic carbocycles. The van der Waals surface area contributed by atoms with Crippen molar-refractivity contribution in [2.45, 2.75) is 13.3 Å². The van der Waals surface area contributed by atoms with Gasteiger partial charge in [0.15, 0.2) is 0 Å². The summed E-state index contributed by atoms with van der Waals surface area (Å²) in [5, 5.41) is 0.911. The van der Waals surface area contributed by atoms with Gasteiger partial charge in [-0.3, -0.25) is 4.79 Å². The van der Waals surface area contributed by atoms with E-state index in [1.807, 2.05) is 29.8 Å². The maximum absolute atomic E-state index is 12.2. The van der Waals surface area contributed by atoms with Crippen molar-refractivity contribution in [3.63, 3.8) is 0 Å². The van der Waals surface area contributed by atoms with Crippen LogP contribution in [-0.2, 0) is 13.5 Å². The molecular formula is C18H15N5O2. The van der Waals surface area contributed by atoms with Crippen LogP contribution in [0.1, 0.15) is 22.2 Å². The van der Waals surface area contributed by atoms with Crippen LogP contribution >= 0.6 is 0 Å². The number of ketones is 1. The molecule has 0 radical (unpaired) electrons. The quantitative estimate of drug-likeness (QED) is 0.534. The molecule has 0 aliphatic heterocycles. The number of carbonyl (C=O) groups excluding carboxylic acids is 1. The van der Waals surface area contributed by atoms with Crippen LogP contribution in [0.5, 0.6) is 0 Å². The van der Waals surface area contributed by atoms with Crippen LogP contribution in [0.4, 0.5) is 0 Å². The smallest absolute Gasteiger partial charge is 0.263 e. The maximum Gasteiger partial charge on any atom is 0.263 e. The highest BCUT2D eigenvalue weighted by Crippen LogP contribution is 2.22. The molecule has 7 heteroatoms. The van der Waals surface area contributed by atoms with Gasteiger partial charge in [0.05, 0.1) is 35.8 Å². The molecule has 3 heterocycles. The fourth-order valence-corrected chi connectivity index (χ4v) is 2.64. The van der Waals surface area contributed by atoms with Gasteiger partial charge in [-0.15, -0.1) is 0 Å². The Balaban J connectivity index is 1.67. The zero-order valence-electron chi connectivity index (χ0n) is 13.8. The SMILES string of the molecule is Cc1coc(C(=O)Cc2ncc3ccc(-c4cncn4C)cc3n2)n1. The molecular weight excluding hydrogens is 318 g/mol. The highest BCUT2D eigenvalue weighted by molar-refractivity contribution is 5.93. The second-order valence-corrected chi connectivity index (χ2v) is 5.84. The minimum Gasteiger partial charge on any atom is -0.442 e. The third-order valence-electron chi connectivity index (χ3n) is 3.92. The first-order valence-corrected chi connectivity index (χ1v) is 7.78. The van der Waals surface area contributed by atoms with E-state index in [2.05, 4.69) is 19.9 Å². The predicted molar refractivity (Wildman–Crippen MR) is 91.0 cm³/mol. The summed E-state index contributed by atoms with van der Waals surface area (Å²) >= 11 is 0. The summed E-state index contributed by atoms with van der Waals surface area (Å²) in [6.45, 7) is 1.77. The number of fused-ring (bicyclic) bond motifs is 1. The molecule has 0 saturated heterocycles. The van der Waals surface area contributed by atoms with Crippen LogP contribution < -0.4 is 0 Å². The number of benzene rings is 1. The van der Waals surface area contributed by atoms with E-state index in [1.165, 1.54) is 6.26 Å². The van der Waals surface area contributed by atoms with Crippen molar-refractivity contribution in [3.8, 4) is 11.3 Å². The van der Waals surface area contributed by atoms with Crippen molar-refractivity contribution in [2.24, 2.45) is 7.05 Å². The van der Waals surface area contributed by atoms with Gasteiger partial charge in [0, 0.05) is 24.2 Å². The average Bonchev–Trinajstić information content (AvgIpc) is 3.22. The lowest BCUT2D eigenvalue weighted by molar-refractivity contribution is 0.0957. The molecule has 0 spiro atoms. The zero-order chi connectivity index (χ0) is 17.4. The molecule has 0 amide bonds. The van der Waals surface area contributed by atoms with Crippen LogP contribution in [0.2, 0.25) is 0 Å². The topological polar surface area (TPSA) is 86.7 Å². The Morgan fingerprint density at radius 1 is 1.24 bits per heavy atom. The van der Waals surface area contributed by atoms with Crippen LogP contribution in [0.25, 0.3) is 22.2 Å². The first-order chi connectivity index (χ1) is 12.1. The Hall–Kier alpha value is -3.35. The highest BCUT2D eigenvalue weighted by Gasteiger charge is 2.15. The summed E-state index contributed by atoms with van der Waals surface area (Å²) < 4.78 is 7.08. The van der Waals surface area contributed by atoms with Gasteiger partial charge < -0.3 is 8.98 Å². The first kappa shape index (κ1) is 15.2. The largest absolute Gasteiger partial charge is 0.442 e. The minimum atomic E-state index is -0.241. The maximum atomic E-state index is 12.2. The number of Topliss-reactive ketones (excluding diaryl/α,β-unsaturated/α-hetero) is 1. The number of hydrogen-bond acceptors (Lipinski definition) is 6. The number of aromatic nitrogens is 5. The van der Waals surface area contributed by atoms with Gasteiger partial charge >= 0.3 is 0 Å². The minimum absolute atomic E-state index is 0.0475. The lowest BCUT2D eigenvalue weighted by Crippen LogP contribution is -2.07. The van der Waals surface area contributed by atoms with Gasteiger partial charge in [-0.1, -0.05) is 12.1 Å². The molecule has 7 nitrogen and oxygen atoms in total. The van der Waals surface area contributed by atoms with E-state index >= 15 is 0 Å². The summed E-state index contributed by atoms with van der Waals surface area (Å²) in [7, 11) is 1.94. The molecule has 0 bridgehead atoms. The number of carbonyl (C=O) groups is 1. The van der Waals surface area contributed by atoms with Gasteiger partial charge in [0.25, 0.3) is 5.89 Å². The second kappa shape index (κ2) is 5.94. The van der Waals surface area contributed by atoms with Crippen molar-refractivity contribution < 1.29 is 9.21 Å². The molecule has 0 aliphatic rings. The fraction of sp³-hybridized carbons (Fsp3) is 0.167. The van der Waals surface area contributed by atoms with E-state index < -0.39 is 0 Å². The number of aryl methyl sites for hydroxylation is 2. The van der Waals surface area contributed by atoms with E-state index in [4.69, 9.17) is 4.42 Å². The number of imidazole rings is 1. The molecule has 0 saturated carbocycles. The zero-order valence-corrected chi connectivity index (χ0v) is 13.8. The predicted octanol–water partition coefficient (Wildman–Crippen LogP) is 2.75. The van der Waals surface area contributed by atoms with E-state index in [0.717, 1.165) is 22.2 Å². The Kier molecular flexibility index (Phi) is 3.61. The van der Waals surface area contributed by atoms with Crippen molar-refractivity contribution in [1.82, 2.24) is 24.5 Å². The highest BCUT2D eigenvalue weighted by atomic mass is 16.3. The van der Waals surface area contributed by atoms with Gasteiger partial charge in [-0.2, -0.15) is 0 Å². The summed E-state index contributed by atoms with van der Waals surface area (Å²) in [6.07, 6.45) is 6.78. The van der Waals surface area contributed by atoms with Gasteiger partial charge in [-0.05, 0) is 13.0 Å². The van der Waals surface area contributed by atoms with Crippen LogP contribution in [0.3, 0.4) is 0 Å². The van der Waals surface area contributed by atoms with Crippen molar-refractivity contribution in [1.29, 1.82) is 0 Å². The van der Waals surface area contributed by atoms with E-state index in [0.29, 0.717) is 11.5 Å². The normalized spacial score (nSPS) is 11.1. The third kappa shape index (κ3) is 2.91. The summed E-state index contributed by atoms with van der Waals surface area (Å²) in [6, 6.07) is 5.93. The average molecular weight is 333 g/mol. The number of rotatable bonds is 4. The number of oxazole rings is 1. The second-order valence-electron chi connectivity index (χ2n) is 5.84. The Morgan fingerprint density at radius 2 is 2.12 bits per heavy atom. The molecule has 0 atom stereocenters. The molecule has 0 unspecified atom stereocenters. The molecule has 0 N–H and O–H groups in total. The van der Waals surface area contributed by atoms with Crippen LogP contribution in [0.15, 0.2) is 47.6 Å². The Morgan fingerprint density at radius 3 is 2.84 bits per heavy atom. The summed E-state index contributed by atoms with van der Waals surface area (Å²) in [5.41, 5.74) is 3.45. The lowest BCUT2D eigenvalue weighted by atomic mass is 10.1. The van der Waals surface area contributed by atoms with Crippen LogP contribution in [-0.4, -0.2) is 30.3 Å². The first-order valence-electron chi connectivity index (χ1n) is 7.78. The lowest BCUT2D eigenvalue weighted by Gasteiger charge is -2.05. The summed E-state index contributed by atoms with van der Waals surface area (Å²) in [5.74, 6) is 0.288. The van der Waals surface area contributed by atoms with Crippen molar-refractivity contribution >= 4 is 16.7 Å². The molecule has 25 heavy (non-hydrogen) atoms. The van der Waals surface area contributed by atoms with E-state index in [9.17, 15) is 4.79 Å². The monoisotopic (exact) mass is 333 g/mol. The van der Waals surface area contributed by atoms with Crippen molar-refractivity contribution in [3.05, 3.63) is 60.6 Å². The molecule has 3 aromatic heterocycles. The molecule has 124 valence electrons.